The summed E-state index contributed by atoms with van der Waals surface area (Å²) < 4.78 is 10.6. The number of esters is 2. The predicted molar refractivity (Wildman–Crippen MR) is 112 cm³/mol. The van der Waals surface area contributed by atoms with E-state index in [-0.39, 0.29) is 18.2 Å². The average Bonchev–Trinajstić information content (AvgIpc) is 2.63. The van der Waals surface area contributed by atoms with E-state index in [4.69, 9.17) is 9.47 Å². The van der Waals surface area contributed by atoms with E-state index in [0.29, 0.717) is 30.4 Å². The van der Waals surface area contributed by atoms with Gasteiger partial charge < -0.3 is 9.47 Å². The van der Waals surface area contributed by atoms with E-state index in [2.05, 4.69) is 6.58 Å². The highest BCUT2D eigenvalue weighted by atomic mass is 16.5. The highest BCUT2D eigenvalue weighted by Gasteiger charge is 2.22. The fraction of sp³-hybridized carbons (Fsp3) is 0.609. The molecule has 0 saturated heterocycles. The largest absolute Gasteiger partial charge is 0.459 e. The van der Waals surface area contributed by atoms with Gasteiger partial charge in [-0.15, -0.1) is 0 Å². The Bertz CT molecular complexity index is 662. The first kappa shape index (κ1) is 25.8. The van der Waals surface area contributed by atoms with Gasteiger partial charge in [-0.05, 0) is 85.3 Å². The SMILES string of the molecule is C=C(C)C(=O)OC(CC)CCCC(C)OC(=O)C(=O)/C(C)=C(\C)C(C)=C(C)C. The summed E-state index contributed by atoms with van der Waals surface area (Å²) in [6.07, 6.45) is 2.11. The zero-order chi connectivity index (χ0) is 22.0. The summed E-state index contributed by atoms with van der Waals surface area (Å²) >= 11 is 0. The molecule has 0 aromatic carbocycles. The Morgan fingerprint density at radius 2 is 1.39 bits per heavy atom. The summed E-state index contributed by atoms with van der Waals surface area (Å²) in [4.78, 5) is 36.1. The molecule has 0 aliphatic heterocycles. The molecule has 0 rings (SSSR count). The first-order valence-corrected chi connectivity index (χ1v) is 9.85. The van der Waals surface area contributed by atoms with Crippen LogP contribution in [0.15, 0.2) is 34.4 Å². The van der Waals surface area contributed by atoms with Crippen LogP contribution in [0.3, 0.4) is 0 Å². The normalized spacial score (nSPS) is 13.7. The van der Waals surface area contributed by atoms with Gasteiger partial charge in [0.1, 0.15) is 6.10 Å². The van der Waals surface area contributed by atoms with Crippen molar-refractivity contribution in [2.24, 2.45) is 0 Å². The standard InChI is InChI=1S/C23H36O5/c1-10-20(28-22(25)15(4)5)13-11-12-16(6)27-23(26)21(24)19(9)18(8)17(7)14(2)3/h16,20H,4,10-13H2,1-3,5-9H3/b19-18+. The maximum absolute atomic E-state index is 12.3. The molecule has 5 nitrogen and oxygen atoms in total. The van der Waals surface area contributed by atoms with E-state index in [9.17, 15) is 14.4 Å². The number of ketones is 1. The van der Waals surface area contributed by atoms with Crippen LogP contribution in [-0.4, -0.2) is 29.9 Å². The van der Waals surface area contributed by atoms with Crippen LogP contribution < -0.4 is 0 Å². The lowest BCUT2D eigenvalue weighted by atomic mass is 9.98. The molecule has 0 heterocycles. The molecule has 0 fully saturated rings. The Morgan fingerprint density at radius 3 is 1.86 bits per heavy atom. The minimum atomic E-state index is -0.827. The minimum absolute atomic E-state index is 0.186. The summed E-state index contributed by atoms with van der Waals surface area (Å²) in [5.41, 5.74) is 3.69. The third kappa shape index (κ3) is 8.68. The molecule has 0 aliphatic rings. The van der Waals surface area contributed by atoms with Crippen molar-refractivity contribution >= 4 is 17.7 Å². The van der Waals surface area contributed by atoms with Gasteiger partial charge in [0.05, 0.1) is 6.10 Å². The second-order valence-corrected chi connectivity index (χ2v) is 7.57. The van der Waals surface area contributed by atoms with E-state index in [1.165, 1.54) is 0 Å². The van der Waals surface area contributed by atoms with Crippen molar-refractivity contribution in [3.8, 4) is 0 Å². The molecular formula is C23H36O5. The van der Waals surface area contributed by atoms with Crippen LogP contribution in [0.1, 0.15) is 81.1 Å². The van der Waals surface area contributed by atoms with Gasteiger partial charge in [0.25, 0.3) is 5.78 Å². The average molecular weight is 393 g/mol. The van der Waals surface area contributed by atoms with Crippen molar-refractivity contribution in [3.05, 3.63) is 34.4 Å². The predicted octanol–water partition coefficient (Wildman–Crippen LogP) is 5.25. The molecule has 0 amide bonds. The van der Waals surface area contributed by atoms with Crippen LogP contribution in [0, 0.1) is 0 Å². The van der Waals surface area contributed by atoms with Crippen molar-refractivity contribution in [3.63, 3.8) is 0 Å². The topological polar surface area (TPSA) is 69.7 Å². The number of rotatable bonds is 11. The van der Waals surface area contributed by atoms with Crippen LogP contribution in [0.2, 0.25) is 0 Å². The zero-order valence-electron chi connectivity index (χ0n) is 18.7. The van der Waals surface area contributed by atoms with Gasteiger partial charge in [0.2, 0.25) is 0 Å². The molecule has 2 atom stereocenters. The third-order valence-electron chi connectivity index (χ3n) is 4.92. The molecule has 0 aromatic heterocycles. The van der Waals surface area contributed by atoms with Crippen molar-refractivity contribution in [1.29, 1.82) is 0 Å². The maximum atomic E-state index is 12.3. The number of Topliss-reactive ketones (excluding diaryl/α,β-unsaturated/α-hetero) is 1. The van der Waals surface area contributed by atoms with Gasteiger partial charge in [-0.1, -0.05) is 19.1 Å². The molecule has 0 bridgehead atoms. The summed E-state index contributed by atoms with van der Waals surface area (Å²) in [6, 6.07) is 0. The fourth-order valence-corrected chi connectivity index (χ4v) is 2.51. The number of allylic oxidation sites excluding steroid dienone is 3. The second kappa shape index (κ2) is 12.3. The number of carbonyl (C=O) groups excluding carboxylic acids is 3. The Hall–Kier alpha value is -2.17. The lowest BCUT2D eigenvalue weighted by molar-refractivity contribution is -0.156. The Morgan fingerprint density at radius 1 is 0.821 bits per heavy atom. The molecule has 28 heavy (non-hydrogen) atoms. The van der Waals surface area contributed by atoms with Crippen molar-refractivity contribution in [2.45, 2.75) is 93.3 Å². The van der Waals surface area contributed by atoms with Gasteiger partial charge in [-0.2, -0.15) is 0 Å². The van der Waals surface area contributed by atoms with Gasteiger partial charge in [0.15, 0.2) is 0 Å². The monoisotopic (exact) mass is 392 g/mol. The van der Waals surface area contributed by atoms with Gasteiger partial charge in [-0.3, -0.25) is 4.79 Å². The summed E-state index contributed by atoms with van der Waals surface area (Å²) in [7, 11) is 0. The van der Waals surface area contributed by atoms with Crippen LogP contribution in [0.5, 0.6) is 0 Å². The van der Waals surface area contributed by atoms with Gasteiger partial charge in [-0.25, -0.2) is 9.59 Å². The van der Waals surface area contributed by atoms with E-state index in [1.54, 1.807) is 20.8 Å². The molecule has 5 heteroatoms. The molecule has 2 unspecified atom stereocenters. The highest BCUT2D eigenvalue weighted by molar-refractivity contribution is 6.40. The number of ether oxygens (including phenoxy) is 2. The van der Waals surface area contributed by atoms with Crippen LogP contribution >= 0.6 is 0 Å². The van der Waals surface area contributed by atoms with Crippen molar-refractivity contribution in [2.75, 3.05) is 0 Å². The lowest BCUT2D eigenvalue weighted by Gasteiger charge is -2.18. The quantitative estimate of drug-likeness (QED) is 0.208. The maximum Gasteiger partial charge on any atom is 0.379 e. The lowest BCUT2D eigenvalue weighted by Crippen LogP contribution is -2.24. The van der Waals surface area contributed by atoms with E-state index < -0.39 is 11.8 Å². The second-order valence-electron chi connectivity index (χ2n) is 7.57. The zero-order valence-corrected chi connectivity index (χ0v) is 18.7. The van der Waals surface area contributed by atoms with E-state index in [1.807, 2.05) is 34.6 Å². The van der Waals surface area contributed by atoms with Crippen molar-refractivity contribution < 1.29 is 23.9 Å². The Kier molecular flexibility index (Phi) is 11.4. The summed E-state index contributed by atoms with van der Waals surface area (Å²) in [6.45, 7) is 18.3. The third-order valence-corrected chi connectivity index (χ3v) is 4.92. The number of hydrogen-bond donors (Lipinski definition) is 0. The van der Waals surface area contributed by atoms with Gasteiger partial charge in [0, 0.05) is 11.1 Å². The smallest absolute Gasteiger partial charge is 0.379 e. The molecule has 0 aromatic rings. The Balaban J connectivity index is 4.65. The first-order chi connectivity index (χ1) is 12.9. The van der Waals surface area contributed by atoms with Crippen LogP contribution in [-0.2, 0) is 23.9 Å². The van der Waals surface area contributed by atoms with E-state index in [0.717, 1.165) is 23.1 Å². The number of hydrogen-bond acceptors (Lipinski definition) is 5. The molecular weight excluding hydrogens is 356 g/mol. The number of carbonyl (C=O) groups is 3. The highest BCUT2D eigenvalue weighted by Crippen LogP contribution is 2.19. The van der Waals surface area contributed by atoms with Crippen LogP contribution in [0.4, 0.5) is 0 Å². The van der Waals surface area contributed by atoms with E-state index >= 15 is 0 Å². The van der Waals surface area contributed by atoms with Gasteiger partial charge >= 0.3 is 11.9 Å². The molecule has 0 radical (unpaired) electrons. The molecule has 0 saturated carbocycles. The molecule has 158 valence electrons. The minimum Gasteiger partial charge on any atom is -0.459 e. The van der Waals surface area contributed by atoms with Crippen molar-refractivity contribution in [1.82, 2.24) is 0 Å². The Labute approximate surface area is 169 Å². The summed E-state index contributed by atoms with van der Waals surface area (Å²) in [5, 5.41) is 0. The molecule has 0 spiro atoms. The molecule has 0 aliphatic carbocycles. The fourth-order valence-electron chi connectivity index (χ4n) is 2.51. The first-order valence-electron chi connectivity index (χ1n) is 9.85. The summed E-state index contributed by atoms with van der Waals surface area (Å²) in [5.74, 6) is -1.82. The van der Waals surface area contributed by atoms with Crippen LogP contribution in [0.25, 0.3) is 0 Å². The molecule has 0 N–H and O–H groups in total.